The Balaban J connectivity index is 2.89. The highest BCUT2D eigenvalue weighted by molar-refractivity contribution is 6.08. The van der Waals surface area contributed by atoms with Gasteiger partial charge in [-0.3, -0.25) is 0 Å². The lowest BCUT2D eigenvalue weighted by molar-refractivity contribution is -0.428. The Morgan fingerprint density at radius 1 is 1.67 bits per heavy atom. The average Bonchev–Trinajstić information content (AvgIpc) is 2.10. The highest BCUT2D eigenvalue weighted by Gasteiger charge is 2.30. The zero-order valence-corrected chi connectivity index (χ0v) is 5.30. The van der Waals surface area contributed by atoms with E-state index in [1.807, 2.05) is 0 Å². The maximum atomic E-state index is 10.4. The number of carbonyl (C=O) groups is 1. The summed E-state index contributed by atoms with van der Waals surface area (Å²) in [5.41, 5.74) is 0.738. The summed E-state index contributed by atoms with van der Waals surface area (Å²) in [6.45, 7) is 1.75. The molecule has 0 aromatic heterocycles. The quantitative estimate of drug-likeness (QED) is 0.264. The maximum Gasteiger partial charge on any atom is 0.524 e. The van der Waals surface area contributed by atoms with Gasteiger partial charge in [-0.15, -0.1) is 0 Å². The highest BCUT2D eigenvalue weighted by Crippen LogP contribution is 2.05. The van der Waals surface area contributed by atoms with Crippen molar-refractivity contribution in [1.82, 2.24) is 0 Å². The van der Waals surface area contributed by atoms with Crippen LogP contribution in [0.5, 0.6) is 0 Å². The average molecular weight is 127 g/mol. The van der Waals surface area contributed by atoms with E-state index in [4.69, 9.17) is 4.42 Å². The van der Waals surface area contributed by atoms with E-state index in [-0.39, 0.29) is 5.97 Å². The second kappa shape index (κ2) is 2.01. The molecule has 1 aliphatic rings. The Labute approximate surface area is 52.6 Å². The van der Waals surface area contributed by atoms with Gasteiger partial charge in [-0.05, 0) is 6.92 Å². The molecule has 0 amide bonds. The first-order valence-corrected chi connectivity index (χ1v) is 2.55. The van der Waals surface area contributed by atoms with E-state index >= 15 is 0 Å². The van der Waals surface area contributed by atoms with Crippen molar-refractivity contribution in [3.05, 3.63) is 11.6 Å². The van der Waals surface area contributed by atoms with Gasteiger partial charge in [0.05, 0.1) is 6.08 Å². The summed E-state index contributed by atoms with van der Waals surface area (Å²) < 4.78 is 9.28. The highest BCUT2D eigenvalue weighted by atomic mass is 16.6. The van der Waals surface area contributed by atoms with Gasteiger partial charge >= 0.3 is 11.9 Å². The van der Waals surface area contributed by atoms with Gasteiger partial charge in [-0.2, -0.15) is 0 Å². The van der Waals surface area contributed by atoms with Crippen LogP contribution in [-0.2, 0) is 14.0 Å². The van der Waals surface area contributed by atoms with Gasteiger partial charge in [-0.1, -0.05) is 0 Å². The first kappa shape index (κ1) is 6.01. The molecule has 1 heterocycles. The summed E-state index contributed by atoms with van der Waals surface area (Å²) in [5.74, 6) is -0.0515. The van der Waals surface area contributed by atoms with Crippen molar-refractivity contribution in [1.29, 1.82) is 0 Å². The van der Waals surface area contributed by atoms with Gasteiger partial charge < -0.3 is 4.42 Å². The zero-order chi connectivity index (χ0) is 6.85. The fourth-order valence-electron chi connectivity index (χ4n) is 0.640. The Kier molecular flexibility index (Phi) is 1.34. The topological polar surface area (TPSA) is 37.6 Å². The summed E-state index contributed by atoms with van der Waals surface area (Å²) in [6, 6.07) is 0. The number of hydrogen-bond acceptors (Lipinski definition) is 2. The number of carbonyl (C=O) groups excluding carboxylic acids is 2. The molecule has 0 saturated carbocycles. The number of rotatable bonds is 0. The summed E-state index contributed by atoms with van der Waals surface area (Å²) in [7, 11) is 1.46. The number of ether oxygens (including phenoxy) is 1. The normalized spacial score (nSPS) is 22.2. The molecule has 0 aromatic rings. The summed E-state index contributed by atoms with van der Waals surface area (Å²) >= 11 is 0. The fourth-order valence-corrected chi connectivity index (χ4v) is 0.640. The minimum Gasteiger partial charge on any atom is -0.321 e. The van der Waals surface area contributed by atoms with Gasteiger partial charge in [0, 0.05) is 0 Å². The molecule has 3 heteroatoms. The van der Waals surface area contributed by atoms with Gasteiger partial charge in [0.15, 0.2) is 7.11 Å². The largest absolute Gasteiger partial charge is 0.524 e. The van der Waals surface area contributed by atoms with Crippen molar-refractivity contribution in [3.8, 4) is 0 Å². The van der Waals surface area contributed by atoms with Crippen LogP contribution in [0.15, 0.2) is 11.6 Å². The van der Waals surface area contributed by atoms with Crippen LogP contribution in [0.4, 0.5) is 0 Å². The van der Waals surface area contributed by atoms with E-state index < -0.39 is 0 Å². The molecule has 0 spiro atoms. The first-order valence-electron chi connectivity index (χ1n) is 2.55. The third kappa shape index (κ3) is 0.988. The molecule has 0 aromatic carbocycles. The van der Waals surface area contributed by atoms with Crippen LogP contribution in [0, 0.1) is 0 Å². The van der Waals surface area contributed by atoms with Crippen molar-refractivity contribution in [2.24, 2.45) is 0 Å². The van der Waals surface area contributed by atoms with E-state index in [0.717, 1.165) is 5.57 Å². The van der Waals surface area contributed by atoms with Crippen LogP contribution < -0.4 is 0 Å². The molecule has 9 heavy (non-hydrogen) atoms. The fraction of sp³-hybridized carbons (Fsp3) is 0.333. The molecule has 0 fully saturated rings. The number of cyclic esters (lactones) is 2. The molecule has 0 N–H and O–H groups in total. The van der Waals surface area contributed by atoms with Crippen LogP contribution in [0.2, 0.25) is 0 Å². The van der Waals surface area contributed by atoms with Crippen molar-refractivity contribution >= 4 is 11.9 Å². The van der Waals surface area contributed by atoms with Crippen LogP contribution in [0.3, 0.4) is 0 Å². The van der Waals surface area contributed by atoms with Crippen molar-refractivity contribution in [3.63, 3.8) is 0 Å². The van der Waals surface area contributed by atoms with E-state index in [1.165, 1.54) is 13.2 Å². The minimum absolute atomic E-state index is 0.306. The Hall–Kier alpha value is -1.12. The van der Waals surface area contributed by atoms with Gasteiger partial charge in [0.25, 0.3) is 0 Å². The summed E-state index contributed by atoms with van der Waals surface area (Å²) in [5, 5.41) is 0. The summed E-state index contributed by atoms with van der Waals surface area (Å²) in [6.07, 6.45) is 1.39. The van der Waals surface area contributed by atoms with Crippen molar-refractivity contribution in [2.75, 3.05) is 7.11 Å². The minimum atomic E-state index is -0.357. The van der Waals surface area contributed by atoms with E-state index in [0.29, 0.717) is 5.97 Å². The predicted octanol–water partition coefficient (Wildman–Crippen LogP) is 0.182. The van der Waals surface area contributed by atoms with Crippen LogP contribution in [0.1, 0.15) is 6.92 Å². The standard InChI is InChI=1S/C6H7O3/c1-4-3-5(7)9-6(4)8-2/h3H,1-2H3/q+1. The van der Waals surface area contributed by atoms with E-state index in [1.54, 1.807) is 6.92 Å². The third-order valence-electron chi connectivity index (χ3n) is 1.04. The van der Waals surface area contributed by atoms with Crippen molar-refractivity contribution in [2.45, 2.75) is 6.92 Å². The van der Waals surface area contributed by atoms with Gasteiger partial charge in [0.2, 0.25) is 0 Å². The molecule has 0 saturated heterocycles. The predicted molar refractivity (Wildman–Crippen MR) is 30.8 cm³/mol. The van der Waals surface area contributed by atoms with Crippen LogP contribution in [-0.4, -0.2) is 19.0 Å². The molecule has 3 nitrogen and oxygen atoms in total. The smallest absolute Gasteiger partial charge is 0.321 e. The zero-order valence-electron chi connectivity index (χ0n) is 5.30. The molecule has 0 bridgehead atoms. The van der Waals surface area contributed by atoms with Gasteiger partial charge in [0.1, 0.15) is 5.57 Å². The molecule has 1 aliphatic heterocycles. The second-order valence-corrected chi connectivity index (χ2v) is 1.74. The monoisotopic (exact) mass is 127 g/mol. The van der Waals surface area contributed by atoms with Crippen LogP contribution >= 0.6 is 0 Å². The van der Waals surface area contributed by atoms with E-state index in [9.17, 15) is 4.79 Å². The lowest BCUT2D eigenvalue weighted by Gasteiger charge is -1.77. The number of esters is 2. The molecule has 0 radical (unpaired) electrons. The maximum absolute atomic E-state index is 10.4. The summed E-state index contributed by atoms with van der Waals surface area (Å²) in [4.78, 5) is 10.4. The molecule has 1 rings (SSSR count). The second-order valence-electron chi connectivity index (χ2n) is 1.74. The van der Waals surface area contributed by atoms with E-state index in [2.05, 4.69) is 4.74 Å². The molecule has 48 valence electrons. The van der Waals surface area contributed by atoms with Crippen molar-refractivity contribution < 1.29 is 14.0 Å². The Morgan fingerprint density at radius 3 is 2.56 bits per heavy atom. The number of hydrogen-bond donors (Lipinski definition) is 0. The van der Waals surface area contributed by atoms with Crippen LogP contribution in [0.25, 0.3) is 0 Å². The first-order chi connectivity index (χ1) is 4.24. The molecular formula is C6H7O3+. The molecule has 0 unspecified atom stereocenters. The Bertz CT molecular complexity index is 200. The lowest BCUT2D eigenvalue weighted by atomic mass is 10.3. The SMILES string of the molecule is C[O+]=C1OC(=O)C=C1C. The third-order valence-corrected chi connectivity index (χ3v) is 1.04. The molecular weight excluding hydrogens is 120 g/mol. The Morgan fingerprint density at radius 2 is 2.33 bits per heavy atom. The molecule has 0 aliphatic carbocycles. The van der Waals surface area contributed by atoms with Gasteiger partial charge in [-0.25, -0.2) is 9.53 Å². The lowest BCUT2D eigenvalue weighted by Crippen LogP contribution is -2.03. The molecule has 0 atom stereocenters.